The molecule has 0 aromatic rings. The minimum atomic E-state index is -0.826. The zero-order valence-electron chi connectivity index (χ0n) is 12.2. The Balaban J connectivity index is 0.000000130. The Morgan fingerprint density at radius 2 is 1.10 bits per heavy atom. The summed E-state index contributed by atoms with van der Waals surface area (Å²) in [5.74, 6) is 3.23. The fourth-order valence-corrected chi connectivity index (χ4v) is 3.39. The van der Waals surface area contributed by atoms with Gasteiger partial charge in [0.15, 0.2) is 0 Å². The van der Waals surface area contributed by atoms with Crippen LogP contribution in [-0.2, 0) is 20.8 Å². The Morgan fingerprint density at radius 1 is 0.714 bits per heavy atom. The van der Waals surface area contributed by atoms with Crippen LogP contribution in [0.2, 0.25) is 0 Å². The van der Waals surface area contributed by atoms with E-state index < -0.39 is 20.8 Å². The van der Waals surface area contributed by atoms with Gasteiger partial charge in [-0.25, -0.2) is 0 Å². The predicted molar refractivity (Wildman–Crippen MR) is 89.3 cm³/mol. The van der Waals surface area contributed by atoms with E-state index in [4.69, 9.17) is 17.0 Å². The first-order valence-electron chi connectivity index (χ1n) is 7.68. The summed E-state index contributed by atoms with van der Waals surface area (Å²) in [6.45, 7) is 0. The van der Waals surface area contributed by atoms with Crippen molar-refractivity contribution in [3.63, 3.8) is 0 Å². The van der Waals surface area contributed by atoms with E-state index in [1.165, 1.54) is 25.7 Å². The van der Waals surface area contributed by atoms with Gasteiger partial charge in [-0.3, -0.25) is 0 Å². The third-order valence-electron chi connectivity index (χ3n) is 4.47. The van der Waals surface area contributed by atoms with Crippen LogP contribution >= 0.6 is 17.0 Å². The van der Waals surface area contributed by atoms with Crippen molar-refractivity contribution in [1.82, 2.24) is 0 Å². The molecule has 4 atom stereocenters. The third kappa shape index (κ3) is 5.85. The molecule has 0 N–H and O–H groups in total. The molecule has 21 heavy (non-hydrogen) atoms. The summed E-state index contributed by atoms with van der Waals surface area (Å²) in [5, 5.41) is 0. The molecule has 0 bridgehead atoms. The second-order valence-electron chi connectivity index (χ2n) is 5.72. The van der Waals surface area contributed by atoms with Gasteiger partial charge in [-0.05, 0) is 11.8 Å². The van der Waals surface area contributed by atoms with Crippen LogP contribution in [-0.4, -0.2) is 0 Å². The number of halogens is 2. The van der Waals surface area contributed by atoms with E-state index in [1.807, 2.05) is 0 Å². The van der Waals surface area contributed by atoms with Crippen molar-refractivity contribution < 1.29 is 20.8 Å². The average Bonchev–Trinajstić information content (AvgIpc) is 3.17. The zero-order chi connectivity index (χ0) is 14.9. The molecule has 4 aliphatic carbocycles. The third-order valence-corrected chi connectivity index (χ3v) is 4.47. The Morgan fingerprint density at radius 3 is 1.48 bits per heavy atom. The molecule has 0 aromatic heterocycles. The van der Waals surface area contributed by atoms with Crippen LogP contribution < -0.4 is 0 Å². The molecule has 0 amide bonds. The fraction of sp³-hybridized carbons (Fsp3) is 0.444. The first kappa shape index (κ1) is 17.8. The molecule has 0 aromatic carbocycles. The molecule has 0 radical (unpaired) electrons. The van der Waals surface area contributed by atoms with Crippen LogP contribution in [0.5, 0.6) is 0 Å². The van der Waals surface area contributed by atoms with E-state index in [1.54, 1.807) is 0 Å². The van der Waals surface area contributed by atoms with Crippen LogP contribution in [0.4, 0.5) is 0 Å². The van der Waals surface area contributed by atoms with Crippen molar-refractivity contribution in [3.05, 3.63) is 61.4 Å². The molecule has 4 aliphatic rings. The van der Waals surface area contributed by atoms with E-state index in [9.17, 15) is 0 Å². The SMILES string of the molecule is C1=CC2[CH-]CCC2C=C1.C1=CC2[CH-]CCC2C=C1.[Cl][Zr+2][Cl]. The van der Waals surface area contributed by atoms with Crippen molar-refractivity contribution in [3.8, 4) is 0 Å². The summed E-state index contributed by atoms with van der Waals surface area (Å²) >= 11 is -0.826. The van der Waals surface area contributed by atoms with Gasteiger partial charge in [-0.2, -0.15) is 12.8 Å². The summed E-state index contributed by atoms with van der Waals surface area (Å²) in [5.41, 5.74) is 0. The topological polar surface area (TPSA) is 0 Å². The summed E-state index contributed by atoms with van der Waals surface area (Å²) in [7, 11) is 9.87. The molecule has 4 unspecified atom stereocenters. The maximum absolute atomic E-state index is 4.93. The molecule has 0 heterocycles. The fourth-order valence-electron chi connectivity index (χ4n) is 3.39. The second kappa shape index (κ2) is 10.2. The maximum atomic E-state index is 4.93. The van der Waals surface area contributed by atoms with Crippen molar-refractivity contribution in [2.45, 2.75) is 25.7 Å². The molecule has 0 aliphatic heterocycles. The minimum absolute atomic E-state index is 0.773. The molecule has 112 valence electrons. The quantitative estimate of drug-likeness (QED) is 0.434. The van der Waals surface area contributed by atoms with Gasteiger partial charge in [0.25, 0.3) is 0 Å². The van der Waals surface area contributed by atoms with Gasteiger partial charge < -0.3 is 12.8 Å². The Bertz CT molecular complexity index is 337. The van der Waals surface area contributed by atoms with E-state index in [2.05, 4.69) is 61.4 Å². The van der Waals surface area contributed by atoms with Crippen molar-refractivity contribution in [2.75, 3.05) is 0 Å². The molecule has 0 spiro atoms. The summed E-state index contributed by atoms with van der Waals surface area (Å²) in [4.78, 5) is 0. The first-order chi connectivity index (χ1) is 10.3. The van der Waals surface area contributed by atoms with Crippen LogP contribution in [0.1, 0.15) is 25.7 Å². The molecule has 2 fully saturated rings. The van der Waals surface area contributed by atoms with Crippen molar-refractivity contribution in [2.24, 2.45) is 23.7 Å². The van der Waals surface area contributed by atoms with Gasteiger partial charge in [-0.15, -0.1) is 24.0 Å². The van der Waals surface area contributed by atoms with Crippen LogP contribution in [0.3, 0.4) is 0 Å². The number of hydrogen-bond acceptors (Lipinski definition) is 0. The number of allylic oxidation sites excluding steroid dienone is 8. The molecule has 4 rings (SSSR count). The van der Waals surface area contributed by atoms with Crippen LogP contribution in [0.15, 0.2) is 48.6 Å². The monoisotopic (exact) mass is 398 g/mol. The number of fused-ring (bicyclic) bond motifs is 2. The van der Waals surface area contributed by atoms with E-state index in [0.29, 0.717) is 0 Å². The first-order valence-corrected chi connectivity index (χ1v) is 14.0. The molecule has 0 nitrogen and oxygen atoms in total. The van der Waals surface area contributed by atoms with Gasteiger partial charge in [0.1, 0.15) is 0 Å². The Hall–Kier alpha value is 0.423. The summed E-state index contributed by atoms with van der Waals surface area (Å²) in [6.07, 6.45) is 28.1. The van der Waals surface area contributed by atoms with Gasteiger partial charge in [0, 0.05) is 0 Å². The van der Waals surface area contributed by atoms with Crippen molar-refractivity contribution >= 4 is 17.0 Å². The average molecular weight is 401 g/mol. The standard InChI is InChI=1S/2C9H11.2ClH.Zr/c2*1-2-5-9-7-3-6-8(9)4-1;;;/h2*1-2,4-6,8-9H,3,7H2;2*1H;/q2*-1;;;+4/p-2. The van der Waals surface area contributed by atoms with E-state index in [-0.39, 0.29) is 0 Å². The summed E-state index contributed by atoms with van der Waals surface area (Å²) < 4.78 is 0. The predicted octanol–water partition coefficient (Wildman–Crippen LogP) is 6.06. The molecular formula is C18H22Cl2Zr. The van der Waals surface area contributed by atoms with Gasteiger partial charge in [-0.1, -0.05) is 49.3 Å². The molecule has 3 heteroatoms. The van der Waals surface area contributed by atoms with Gasteiger partial charge in [0.2, 0.25) is 0 Å². The number of rotatable bonds is 0. The Kier molecular flexibility index (Phi) is 8.67. The summed E-state index contributed by atoms with van der Waals surface area (Å²) in [6, 6.07) is 0. The second-order valence-corrected chi connectivity index (χ2v) is 9.45. The zero-order valence-corrected chi connectivity index (χ0v) is 16.1. The van der Waals surface area contributed by atoms with Crippen molar-refractivity contribution in [1.29, 1.82) is 0 Å². The number of hydrogen-bond donors (Lipinski definition) is 0. The molecule has 0 saturated heterocycles. The van der Waals surface area contributed by atoms with Gasteiger partial charge in [0.05, 0.1) is 0 Å². The normalized spacial score (nSPS) is 34.0. The molecule has 2 saturated carbocycles. The van der Waals surface area contributed by atoms with E-state index >= 15 is 0 Å². The molecular weight excluding hydrogens is 378 g/mol. The van der Waals surface area contributed by atoms with E-state index in [0.717, 1.165) is 23.7 Å². The van der Waals surface area contributed by atoms with Gasteiger partial charge >= 0.3 is 37.9 Å². The van der Waals surface area contributed by atoms with Crippen LogP contribution in [0.25, 0.3) is 0 Å². The Labute approximate surface area is 148 Å². The van der Waals surface area contributed by atoms with Crippen LogP contribution in [0, 0.1) is 36.5 Å².